The topological polar surface area (TPSA) is 228 Å². The van der Waals surface area contributed by atoms with E-state index in [1.165, 1.54) is 57.8 Å². The Balaban J connectivity index is 1.96. The van der Waals surface area contributed by atoms with Gasteiger partial charge in [0.25, 0.3) is 0 Å². The third-order valence-electron chi connectivity index (χ3n) is 10.6. The Morgan fingerprint density at radius 3 is 1.72 bits per heavy atom. The maximum absolute atomic E-state index is 13.0. The van der Waals surface area contributed by atoms with Gasteiger partial charge in [-0.2, -0.15) is 0 Å². The summed E-state index contributed by atoms with van der Waals surface area (Å²) in [4.78, 5) is 13.0. The molecule has 14 nitrogen and oxygen atoms in total. The van der Waals surface area contributed by atoms with Gasteiger partial charge in [0.15, 0.2) is 12.6 Å². The van der Waals surface area contributed by atoms with Crippen molar-refractivity contribution in [2.45, 2.75) is 209 Å². The number of nitrogens with one attached hydrogen (secondary N) is 1. The van der Waals surface area contributed by atoms with Crippen molar-refractivity contribution in [2.75, 3.05) is 19.8 Å². The minimum Gasteiger partial charge on any atom is -0.394 e. The number of hydrogen-bond donors (Lipinski definition) is 9. The van der Waals surface area contributed by atoms with Crippen LogP contribution in [0, 0.1) is 0 Å². The zero-order valence-corrected chi connectivity index (χ0v) is 34.6. The third kappa shape index (κ3) is 19.9. The number of carbonyl (C=O) groups is 1. The summed E-state index contributed by atoms with van der Waals surface area (Å²) >= 11 is 0. The molecule has 2 fully saturated rings. The van der Waals surface area contributed by atoms with Crippen molar-refractivity contribution in [3.8, 4) is 0 Å². The molecule has 0 aromatic heterocycles. The molecular formula is C43H77NO13. The van der Waals surface area contributed by atoms with Crippen molar-refractivity contribution >= 4 is 5.91 Å². The zero-order valence-electron chi connectivity index (χ0n) is 34.6. The first-order chi connectivity index (χ1) is 27.6. The zero-order chi connectivity index (χ0) is 41.8. The largest absolute Gasteiger partial charge is 0.394 e. The molecule has 0 saturated carbocycles. The maximum Gasteiger partial charge on any atom is 0.220 e. The molecule has 0 bridgehead atoms. The van der Waals surface area contributed by atoms with Crippen molar-refractivity contribution in [3.05, 3.63) is 36.5 Å². The van der Waals surface area contributed by atoms with E-state index >= 15 is 0 Å². The van der Waals surface area contributed by atoms with Crippen LogP contribution in [0.1, 0.15) is 136 Å². The van der Waals surface area contributed by atoms with Gasteiger partial charge in [0.05, 0.1) is 32.0 Å². The van der Waals surface area contributed by atoms with Gasteiger partial charge in [-0.3, -0.25) is 4.79 Å². The van der Waals surface area contributed by atoms with Crippen LogP contribution in [-0.4, -0.2) is 140 Å². The Bertz CT molecular complexity index is 1100. The second-order valence-electron chi connectivity index (χ2n) is 15.5. The SMILES string of the molecule is CCCCC/C=C/CC/C=C/CC/C=C/C(O)C(COC1OC(CO)C(OC2OC(CO)C(O)C(O)C2O)C(O)C1O)NC(=O)CCCCCCCCCCCC. The van der Waals surface area contributed by atoms with E-state index in [1.807, 2.05) is 6.08 Å². The van der Waals surface area contributed by atoms with Crippen LogP contribution in [0.5, 0.6) is 0 Å². The number of carbonyl (C=O) groups excluding carboxylic acids is 1. The Morgan fingerprint density at radius 1 is 0.614 bits per heavy atom. The van der Waals surface area contributed by atoms with Gasteiger partial charge in [-0.15, -0.1) is 0 Å². The summed E-state index contributed by atoms with van der Waals surface area (Å²) in [6.45, 7) is 2.67. The van der Waals surface area contributed by atoms with E-state index in [1.54, 1.807) is 6.08 Å². The van der Waals surface area contributed by atoms with Gasteiger partial charge in [0.1, 0.15) is 48.8 Å². The highest BCUT2D eigenvalue weighted by Crippen LogP contribution is 2.30. The van der Waals surface area contributed by atoms with E-state index < -0.39 is 86.8 Å². The summed E-state index contributed by atoms with van der Waals surface area (Å²) in [6.07, 6.45) is 14.9. The van der Waals surface area contributed by atoms with Gasteiger partial charge in [0, 0.05) is 6.42 Å². The second kappa shape index (κ2) is 31.1. The third-order valence-corrected chi connectivity index (χ3v) is 10.6. The number of rotatable bonds is 31. The van der Waals surface area contributed by atoms with Crippen molar-refractivity contribution in [1.82, 2.24) is 5.32 Å². The fourth-order valence-corrected chi connectivity index (χ4v) is 6.91. The van der Waals surface area contributed by atoms with Crippen molar-refractivity contribution < 1.29 is 64.6 Å². The molecule has 2 rings (SSSR count). The first-order valence-electron chi connectivity index (χ1n) is 21.7. The van der Waals surface area contributed by atoms with Crippen molar-refractivity contribution in [2.24, 2.45) is 0 Å². The Kier molecular flexibility index (Phi) is 28.1. The van der Waals surface area contributed by atoms with Gasteiger partial charge < -0.3 is 65.1 Å². The lowest BCUT2D eigenvalue weighted by atomic mass is 9.97. The van der Waals surface area contributed by atoms with Crippen LogP contribution in [0.4, 0.5) is 0 Å². The highest BCUT2D eigenvalue weighted by molar-refractivity contribution is 5.76. The molecule has 14 heteroatoms. The molecule has 0 spiro atoms. The molecule has 57 heavy (non-hydrogen) atoms. The van der Waals surface area contributed by atoms with Crippen LogP contribution in [0.15, 0.2) is 36.5 Å². The van der Waals surface area contributed by atoms with Crippen LogP contribution in [-0.2, 0) is 23.7 Å². The fraction of sp³-hybridized carbons (Fsp3) is 0.837. The molecule has 12 atom stereocenters. The van der Waals surface area contributed by atoms with E-state index in [9.17, 15) is 45.6 Å². The molecule has 0 aliphatic carbocycles. The standard InChI is InChI=1S/C43H77NO13/c1-3-5-7-9-11-13-15-16-17-18-20-22-24-26-32(47)31(44-35(48)27-25-23-21-19-14-12-10-8-6-4-2)30-54-42-40(53)38(51)41(34(29-46)56-42)57-43-39(52)37(50)36(49)33(28-45)55-43/h11,13,17-18,24,26,31-34,36-43,45-47,49-53H,3-10,12,14-16,19-23,25,27-30H2,1-2H3,(H,44,48)/b13-11+,18-17+,26-24+. The molecule has 0 radical (unpaired) electrons. The van der Waals surface area contributed by atoms with Gasteiger partial charge in [0.2, 0.25) is 5.91 Å². The van der Waals surface area contributed by atoms with E-state index in [0.29, 0.717) is 12.8 Å². The summed E-state index contributed by atoms with van der Waals surface area (Å²) in [6, 6.07) is -0.930. The van der Waals surface area contributed by atoms with E-state index in [4.69, 9.17) is 18.9 Å². The molecule has 2 aliphatic rings. The number of aliphatic hydroxyl groups excluding tert-OH is 8. The van der Waals surface area contributed by atoms with Gasteiger partial charge in [-0.25, -0.2) is 0 Å². The lowest BCUT2D eigenvalue weighted by Crippen LogP contribution is -2.65. The predicted octanol–water partition coefficient (Wildman–Crippen LogP) is 3.59. The number of unbranched alkanes of at least 4 members (excludes halogenated alkanes) is 14. The van der Waals surface area contributed by atoms with Crippen LogP contribution in [0.25, 0.3) is 0 Å². The Hall–Kier alpha value is -1.79. The summed E-state index contributed by atoms with van der Waals surface area (Å²) in [5, 5.41) is 86.2. The van der Waals surface area contributed by atoms with Crippen LogP contribution in [0.2, 0.25) is 0 Å². The molecule has 332 valence electrons. The van der Waals surface area contributed by atoms with Gasteiger partial charge in [-0.05, 0) is 44.9 Å². The number of ether oxygens (including phenoxy) is 4. The summed E-state index contributed by atoms with van der Waals surface area (Å²) in [7, 11) is 0. The van der Waals surface area contributed by atoms with E-state index in [2.05, 4.69) is 43.5 Å². The number of hydrogen-bond acceptors (Lipinski definition) is 13. The molecule has 0 aromatic carbocycles. The molecule has 2 heterocycles. The Morgan fingerprint density at radius 2 is 1.12 bits per heavy atom. The molecular weight excluding hydrogens is 738 g/mol. The monoisotopic (exact) mass is 816 g/mol. The van der Waals surface area contributed by atoms with Crippen LogP contribution < -0.4 is 5.32 Å². The van der Waals surface area contributed by atoms with Crippen molar-refractivity contribution in [1.29, 1.82) is 0 Å². The van der Waals surface area contributed by atoms with Crippen LogP contribution in [0.3, 0.4) is 0 Å². The fourth-order valence-electron chi connectivity index (χ4n) is 6.91. The number of aliphatic hydroxyl groups is 8. The van der Waals surface area contributed by atoms with Crippen LogP contribution >= 0.6 is 0 Å². The molecule has 0 aromatic rings. The smallest absolute Gasteiger partial charge is 0.220 e. The highest BCUT2D eigenvalue weighted by Gasteiger charge is 2.50. The van der Waals surface area contributed by atoms with Gasteiger partial charge in [-0.1, -0.05) is 121 Å². The summed E-state index contributed by atoms with van der Waals surface area (Å²) < 4.78 is 22.5. The highest BCUT2D eigenvalue weighted by atomic mass is 16.7. The summed E-state index contributed by atoms with van der Waals surface area (Å²) in [5.74, 6) is -0.260. The Labute approximate surface area is 341 Å². The first-order valence-corrected chi connectivity index (χ1v) is 21.7. The van der Waals surface area contributed by atoms with Crippen molar-refractivity contribution in [3.63, 3.8) is 0 Å². The molecule has 2 aliphatic heterocycles. The average molecular weight is 816 g/mol. The minimum absolute atomic E-state index is 0.260. The van der Waals surface area contributed by atoms with Gasteiger partial charge >= 0.3 is 0 Å². The average Bonchev–Trinajstić information content (AvgIpc) is 3.21. The predicted molar refractivity (Wildman–Crippen MR) is 217 cm³/mol. The lowest BCUT2D eigenvalue weighted by molar-refractivity contribution is -0.359. The quantitative estimate of drug-likeness (QED) is 0.0361. The summed E-state index contributed by atoms with van der Waals surface area (Å²) in [5.41, 5.74) is 0. The van der Waals surface area contributed by atoms with E-state index in [-0.39, 0.29) is 18.9 Å². The van der Waals surface area contributed by atoms with E-state index in [0.717, 1.165) is 44.9 Å². The molecule has 12 unspecified atom stereocenters. The maximum atomic E-state index is 13.0. The molecule has 1 amide bonds. The second-order valence-corrected chi connectivity index (χ2v) is 15.5. The number of allylic oxidation sites excluding steroid dienone is 5. The normalized spacial score (nSPS) is 29.4. The molecule has 9 N–H and O–H groups in total. The minimum atomic E-state index is -1.79. The molecule has 2 saturated heterocycles. The first kappa shape index (κ1) is 51.4. The number of amides is 1. The lowest BCUT2D eigenvalue weighted by Gasteiger charge is -2.46.